The number of nitro groups is 1. The molecule has 1 fully saturated rings. The maximum atomic E-state index is 11.1. The SMILES string of the molecule is CN1CC[C@H](Nc2ccc3ncc([N+](=O)[O-])n3n2)[C@H]1c1ccccc1. The number of likely N-dealkylation sites (tertiary alicyclic amines) is 1. The minimum Gasteiger partial charge on any atom is -0.362 e. The Morgan fingerprint density at radius 2 is 2.04 bits per heavy atom. The molecule has 3 heterocycles. The van der Waals surface area contributed by atoms with E-state index in [1.54, 1.807) is 6.07 Å². The third kappa shape index (κ3) is 2.80. The quantitative estimate of drug-likeness (QED) is 0.581. The molecule has 0 amide bonds. The molecular weight excluding hydrogens is 320 g/mol. The van der Waals surface area contributed by atoms with Crippen LogP contribution in [0.15, 0.2) is 48.7 Å². The van der Waals surface area contributed by atoms with Crippen LogP contribution in [0, 0.1) is 10.1 Å². The van der Waals surface area contributed by atoms with Crippen LogP contribution in [0.3, 0.4) is 0 Å². The molecule has 1 aromatic carbocycles. The maximum Gasteiger partial charge on any atom is 0.368 e. The Morgan fingerprint density at radius 1 is 1.24 bits per heavy atom. The zero-order valence-corrected chi connectivity index (χ0v) is 13.7. The minimum absolute atomic E-state index is 0.137. The second-order valence-corrected chi connectivity index (χ2v) is 6.24. The second-order valence-electron chi connectivity index (χ2n) is 6.24. The molecule has 1 aliphatic rings. The Kier molecular flexibility index (Phi) is 3.81. The van der Waals surface area contributed by atoms with E-state index in [1.807, 2.05) is 24.3 Å². The van der Waals surface area contributed by atoms with E-state index in [2.05, 4.69) is 39.5 Å². The molecule has 128 valence electrons. The van der Waals surface area contributed by atoms with Crippen molar-refractivity contribution >= 4 is 17.3 Å². The molecule has 2 atom stereocenters. The highest BCUT2D eigenvalue weighted by Crippen LogP contribution is 2.32. The summed E-state index contributed by atoms with van der Waals surface area (Å²) < 4.78 is 1.26. The summed E-state index contributed by atoms with van der Waals surface area (Å²) in [7, 11) is 2.11. The van der Waals surface area contributed by atoms with Gasteiger partial charge in [0.1, 0.15) is 6.20 Å². The Hall–Kier alpha value is -3.00. The molecule has 4 rings (SSSR count). The molecule has 1 N–H and O–H groups in total. The van der Waals surface area contributed by atoms with Crippen molar-refractivity contribution in [3.8, 4) is 0 Å². The smallest absolute Gasteiger partial charge is 0.362 e. The van der Waals surface area contributed by atoms with E-state index in [4.69, 9.17) is 0 Å². The van der Waals surface area contributed by atoms with E-state index >= 15 is 0 Å². The van der Waals surface area contributed by atoms with Crippen molar-refractivity contribution in [1.29, 1.82) is 0 Å². The molecule has 0 spiro atoms. The minimum atomic E-state index is -0.479. The molecule has 0 aliphatic carbocycles. The summed E-state index contributed by atoms with van der Waals surface area (Å²) in [5, 5.41) is 18.9. The third-order valence-electron chi connectivity index (χ3n) is 4.65. The molecule has 8 heteroatoms. The van der Waals surface area contributed by atoms with Crippen molar-refractivity contribution in [1.82, 2.24) is 19.5 Å². The average molecular weight is 338 g/mol. The summed E-state index contributed by atoms with van der Waals surface area (Å²) in [5.41, 5.74) is 1.70. The van der Waals surface area contributed by atoms with Gasteiger partial charge < -0.3 is 15.4 Å². The summed E-state index contributed by atoms with van der Waals surface area (Å²) in [4.78, 5) is 16.9. The van der Waals surface area contributed by atoms with E-state index in [9.17, 15) is 10.1 Å². The summed E-state index contributed by atoms with van der Waals surface area (Å²) in [6.07, 6.45) is 2.20. The number of anilines is 1. The first-order chi connectivity index (χ1) is 12.1. The first-order valence-corrected chi connectivity index (χ1v) is 8.14. The van der Waals surface area contributed by atoms with Crippen LogP contribution in [-0.2, 0) is 0 Å². The van der Waals surface area contributed by atoms with Crippen LogP contribution in [0.4, 0.5) is 11.6 Å². The molecule has 0 unspecified atom stereocenters. The van der Waals surface area contributed by atoms with Crippen LogP contribution in [0.5, 0.6) is 0 Å². The highest BCUT2D eigenvalue weighted by atomic mass is 16.6. The van der Waals surface area contributed by atoms with E-state index in [1.165, 1.54) is 16.3 Å². The number of hydrogen-bond acceptors (Lipinski definition) is 6. The lowest BCUT2D eigenvalue weighted by Gasteiger charge is -2.26. The molecular formula is C17H18N6O2. The Bertz CT molecular complexity index is 910. The zero-order valence-electron chi connectivity index (χ0n) is 13.7. The predicted molar refractivity (Wildman–Crippen MR) is 93.5 cm³/mol. The number of nitrogens with one attached hydrogen (secondary N) is 1. The van der Waals surface area contributed by atoms with Crippen LogP contribution in [0.25, 0.3) is 5.65 Å². The van der Waals surface area contributed by atoms with Gasteiger partial charge in [0.05, 0.1) is 6.04 Å². The van der Waals surface area contributed by atoms with Crippen molar-refractivity contribution in [2.24, 2.45) is 0 Å². The molecule has 25 heavy (non-hydrogen) atoms. The maximum absolute atomic E-state index is 11.1. The van der Waals surface area contributed by atoms with Crippen molar-refractivity contribution in [2.45, 2.75) is 18.5 Å². The number of aromatic nitrogens is 3. The van der Waals surface area contributed by atoms with Gasteiger partial charge in [0.15, 0.2) is 5.82 Å². The lowest BCUT2D eigenvalue weighted by Crippen LogP contribution is -2.29. The molecule has 2 aromatic heterocycles. The van der Waals surface area contributed by atoms with Gasteiger partial charge >= 0.3 is 5.82 Å². The molecule has 3 aromatic rings. The fourth-order valence-electron chi connectivity index (χ4n) is 3.49. The van der Waals surface area contributed by atoms with Gasteiger partial charge in [0, 0.05) is 18.7 Å². The number of benzene rings is 1. The highest BCUT2D eigenvalue weighted by molar-refractivity contribution is 5.49. The summed E-state index contributed by atoms with van der Waals surface area (Å²) >= 11 is 0. The van der Waals surface area contributed by atoms with Gasteiger partial charge in [-0.15, -0.1) is 0 Å². The fraction of sp³-hybridized carbons (Fsp3) is 0.294. The van der Waals surface area contributed by atoms with Crippen LogP contribution in [-0.4, -0.2) is 44.1 Å². The number of fused-ring (bicyclic) bond motifs is 1. The van der Waals surface area contributed by atoms with Crippen LogP contribution < -0.4 is 5.32 Å². The van der Waals surface area contributed by atoms with Crippen molar-refractivity contribution < 1.29 is 4.92 Å². The van der Waals surface area contributed by atoms with Crippen molar-refractivity contribution in [2.75, 3.05) is 18.9 Å². The van der Waals surface area contributed by atoms with Gasteiger partial charge in [-0.3, -0.25) is 4.90 Å². The molecule has 8 nitrogen and oxygen atoms in total. The van der Waals surface area contributed by atoms with Gasteiger partial charge in [0.25, 0.3) is 0 Å². The van der Waals surface area contributed by atoms with Crippen LogP contribution >= 0.6 is 0 Å². The molecule has 0 saturated carbocycles. The number of likely N-dealkylation sites (N-methyl/N-ethyl adjacent to an activating group) is 1. The van der Waals surface area contributed by atoms with Gasteiger partial charge in [-0.05, 0) is 30.0 Å². The van der Waals surface area contributed by atoms with Crippen molar-refractivity contribution in [3.05, 3.63) is 64.3 Å². The van der Waals surface area contributed by atoms with Gasteiger partial charge in [0.2, 0.25) is 5.65 Å². The van der Waals surface area contributed by atoms with Crippen LogP contribution in [0.1, 0.15) is 18.0 Å². The van der Waals surface area contributed by atoms with Gasteiger partial charge in [-0.1, -0.05) is 39.9 Å². The lowest BCUT2D eigenvalue weighted by atomic mass is 10.0. The highest BCUT2D eigenvalue weighted by Gasteiger charge is 2.33. The Labute approximate surface area is 144 Å². The molecule has 1 aliphatic heterocycles. The molecule has 0 bridgehead atoms. The predicted octanol–water partition coefficient (Wildman–Crippen LogP) is 2.49. The number of hydrogen-bond donors (Lipinski definition) is 1. The average Bonchev–Trinajstić information content (AvgIpc) is 3.19. The normalized spacial score (nSPS) is 20.8. The standard InChI is InChI=1S/C17H18N6O2/c1-21-10-9-13(17(21)12-5-3-2-4-6-12)19-14-7-8-15-18-11-16(23(24)25)22(15)20-14/h2-8,11,13,17H,9-10H2,1H3,(H,19,20)/t13-,17+/m0/s1. The monoisotopic (exact) mass is 338 g/mol. The van der Waals surface area contributed by atoms with Gasteiger partial charge in [-0.25, -0.2) is 4.98 Å². The summed E-state index contributed by atoms with van der Waals surface area (Å²) in [6.45, 7) is 0.977. The molecule has 1 saturated heterocycles. The van der Waals surface area contributed by atoms with Crippen LogP contribution in [0.2, 0.25) is 0 Å². The van der Waals surface area contributed by atoms with E-state index in [0.717, 1.165) is 13.0 Å². The van der Waals surface area contributed by atoms with E-state index in [-0.39, 0.29) is 17.9 Å². The second kappa shape index (κ2) is 6.14. The largest absolute Gasteiger partial charge is 0.368 e. The zero-order chi connectivity index (χ0) is 17.4. The number of nitrogens with zero attached hydrogens (tertiary/aromatic N) is 5. The van der Waals surface area contributed by atoms with E-state index < -0.39 is 4.92 Å². The Morgan fingerprint density at radius 3 is 2.80 bits per heavy atom. The first kappa shape index (κ1) is 15.5. The third-order valence-corrected chi connectivity index (χ3v) is 4.65. The number of imidazole rings is 1. The topological polar surface area (TPSA) is 88.6 Å². The lowest BCUT2D eigenvalue weighted by molar-refractivity contribution is -0.391. The van der Waals surface area contributed by atoms with Gasteiger partial charge in [-0.2, -0.15) is 0 Å². The summed E-state index contributed by atoms with van der Waals surface area (Å²) in [6, 6.07) is 14.3. The Balaban J connectivity index is 1.64. The van der Waals surface area contributed by atoms with Crippen molar-refractivity contribution in [3.63, 3.8) is 0 Å². The summed E-state index contributed by atoms with van der Waals surface area (Å²) in [5.74, 6) is 0.469. The number of rotatable bonds is 4. The first-order valence-electron chi connectivity index (χ1n) is 8.14. The molecule has 0 radical (unpaired) electrons. The fourth-order valence-corrected chi connectivity index (χ4v) is 3.49. The van der Waals surface area contributed by atoms with E-state index in [0.29, 0.717) is 11.5 Å².